The number of nitrogens with one attached hydrogen (secondary N) is 2. The van der Waals surface area contributed by atoms with Gasteiger partial charge in [-0.05, 0) is 94.3 Å². The van der Waals surface area contributed by atoms with E-state index in [1.807, 2.05) is 6.07 Å². The number of sulfonamides is 2. The highest BCUT2D eigenvalue weighted by molar-refractivity contribution is 7.92. The van der Waals surface area contributed by atoms with E-state index in [4.69, 9.17) is 0 Å². The van der Waals surface area contributed by atoms with Crippen LogP contribution in [0.4, 0.5) is 11.4 Å². The van der Waals surface area contributed by atoms with Crippen LogP contribution in [0, 0.1) is 5.92 Å². The Morgan fingerprint density at radius 2 is 1.69 bits per heavy atom. The number of nitrogens with zero attached hydrogens (tertiary/aromatic N) is 1. The molecule has 0 unspecified atom stereocenters. The normalized spacial score (nSPS) is 22.5. The minimum absolute atomic E-state index is 0.0385. The molecule has 1 fully saturated rings. The van der Waals surface area contributed by atoms with Gasteiger partial charge in [-0.25, -0.2) is 21.6 Å². The largest absolute Gasteiger partial charge is 0.307 e. The van der Waals surface area contributed by atoms with Crippen LogP contribution in [0.2, 0.25) is 0 Å². The minimum Gasteiger partial charge on any atom is -0.307 e. The molecule has 0 atom stereocenters. The van der Waals surface area contributed by atoms with Crippen molar-refractivity contribution in [2.75, 3.05) is 22.4 Å². The van der Waals surface area contributed by atoms with Crippen LogP contribution >= 0.6 is 0 Å². The number of carbonyl (C=O) groups excluding carboxylic acids is 1. The zero-order valence-electron chi connectivity index (χ0n) is 21.5. The predicted octanol–water partition coefficient (Wildman–Crippen LogP) is 4.24. The third kappa shape index (κ3) is 5.60. The molecule has 1 heterocycles. The SMILES string of the molecule is CC1CCC2(CC1)CN(C(=O)c1cccc(S(=O)(=O)NC(C)(C)C)c1)c1ccc(NS(C)(=O)=O)cc12. The van der Waals surface area contributed by atoms with Gasteiger partial charge in [-0.2, -0.15) is 0 Å². The van der Waals surface area contributed by atoms with Crippen LogP contribution in [0.1, 0.15) is 69.3 Å². The molecule has 1 spiro atoms. The first kappa shape index (κ1) is 26.6. The molecule has 36 heavy (non-hydrogen) atoms. The molecule has 2 aliphatic rings. The summed E-state index contributed by atoms with van der Waals surface area (Å²) in [6, 6.07) is 11.4. The second kappa shape index (κ2) is 9.15. The minimum atomic E-state index is -3.80. The first-order valence-corrected chi connectivity index (χ1v) is 15.5. The number of carbonyl (C=O) groups is 1. The van der Waals surface area contributed by atoms with Gasteiger partial charge in [0.05, 0.1) is 11.2 Å². The maximum atomic E-state index is 13.8. The molecule has 0 aromatic heterocycles. The predicted molar refractivity (Wildman–Crippen MR) is 142 cm³/mol. The van der Waals surface area contributed by atoms with Crippen molar-refractivity contribution in [3.63, 3.8) is 0 Å². The van der Waals surface area contributed by atoms with Crippen LogP contribution in [0.15, 0.2) is 47.4 Å². The summed E-state index contributed by atoms with van der Waals surface area (Å²) in [5, 5.41) is 0. The van der Waals surface area contributed by atoms with E-state index in [9.17, 15) is 21.6 Å². The summed E-state index contributed by atoms with van der Waals surface area (Å²) in [4.78, 5) is 15.5. The Hall–Kier alpha value is -2.43. The molecule has 0 bridgehead atoms. The number of benzene rings is 2. The smallest absolute Gasteiger partial charge is 0.258 e. The van der Waals surface area contributed by atoms with Gasteiger partial charge in [-0.3, -0.25) is 9.52 Å². The van der Waals surface area contributed by atoms with Crippen molar-refractivity contribution in [1.82, 2.24) is 4.72 Å². The first-order chi connectivity index (χ1) is 16.6. The van der Waals surface area contributed by atoms with Crippen LogP contribution in [-0.2, 0) is 25.5 Å². The first-order valence-electron chi connectivity index (χ1n) is 12.2. The topological polar surface area (TPSA) is 113 Å². The summed E-state index contributed by atoms with van der Waals surface area (Å²) in [5.74, 6) is 0.321. The Bertz CT molecular complexity index is 1390. The Labute approximate surface area is 214 Å². The number of anilines is 2. The molecule has 2 aromatic carbocycles. The van der Waals surface area contributed by atoms with Crippen molar-refractivity contribution in [1.29, 1.82) is 0 Å². The van der Waals surface area contributed by atoms with E-state index in [2.05, 4.69) is 16.4 Å². The highest BCUT2D eigenvalue weighted by atomic mass is 32.2. The molecule has 0 saturated heterocycles. The van der Waals surface area contributed by atoms with Crippen LogP contribution < -0.4 is 14.3 Å². The van der Waals surface area contributed by atoms with Gasteiger partial charge in [0.2, 0.25) is 20.0 Å². The summed E-state index contributed by atoms with van der Waals surface area (Å²) < 4.78 is 54.6. The fourth-order valence-corrected chi connectivity index (χ4v) is 7.30. The lowest BCUT2D eigenvalue weighted by Gasteiger charge is -2.37. The molecule has 0 radical (unpaired) electrons. The molecule has 1 amide bonds. The summed E-state index contributed by atoms with van der Waals surface area (Å²) in [6.07, 6.45) is 4.97. The number of rotatable bonds is 5. The molecule has 1 saturated carbocycles. The van der Waals surface area contributed by atoms with E-state index >= 15 is 0 Å². The number of fused-ring (bicyclic) bond motifs is 2. The van der Waals surface area contributed by atoms with Crippen LogP contribution in [0.5, 0.6) is 0 Å². The second-order valence-corrected chi connectivity index (χ2v) is 14.8. The van der Waals surface area contributed by atoms with E-state index in [1.54, 1.807) is 49.9 Å². The van der Waals surface area contributed by atoms with Gasteiger partial charge in [-0.15, -0.1) is 0 Å². The Morgan fingerprint density at radius 3 is 2.31 bits per heavy atom. The van der Waals surface area contributed by atoms with Gasteiger partial charge >= 0.3 is 0 Å². The van der Waals surface area contributed by atoms with E-state index in [1.165, 1.54) is 12.1 Å². The molecule has 2 N–H and O–H groups in total. The average molecular weight is 534 g/mol. The van der Waals surface area contributed by atoms with Crippen molar-refractivity contribution in [2.45, 2.75) is 69.2 Å². The number of amides is 1. The van der Waals surface area contributed by atoms with E-state index in [-0.39, 0.29) is 21.8 Å². The van der Waals surface area contributed by atoms with Crippen LogP contribution in [0.3, 0.4) is 0 Å². The molecule has 196 valence electrons. The molecule has 4 rings (SSSR count). The van der Waals surface area contributed by atoms with Crippen molar-refractivity contribution >= 4 is 37.3 Å². The van der Waals surface area contributed by atoms with E-state index in [0.29, 0.717) is 18.2 Å². The highest BCUT2D eigenvalue weighted by Crippen LogP contribution is 2.51. The molecular formula is C26H35N3O5S2. The standard InChI is InChI=1S/C26H35N3O5S2/c1-18-11-13-26(14-12-18)17-29(23-10-9-20(16-22(23)26)27-35(5,31)32)24(30)19-7-6-8-21(15-19)36(33,34)28-25(2,3)4/h6-10,15-16,18,27-28H,11-14,17H2,1-5H3. The zero-order chi connectivity index (χ0) is 26.5. The fourth-order valence-electron chi connectivity index (χ4n) is 5.28. The maximum absolute atomic E-state index is 13.8. The summed E-state index contributed by atoms with van der Waals surface area (Å²) >= 11 is 0. The molecule has 8 nitrogen and oxygen atoms in total. The van der Waals surface area contributed by atoms with Crippen molar-refractivity contribution < 1.29 is 21.6 Å². The van der Waals surface area contributed by atoms with Crippen LogP contribution in [-0.4, -0.2) is 41.1 Å². The molecule has 1 aliphatic heterocycles. The zero-order valence-corrected chi connectivity index (χ0v) is 23.1. The lowest BCUT2D eigenvalue weighted by Crippen LogP contribution is -2.41. The molecule has 1 aliphatic carbocycles. The van der Waals surface area contributed by atoms with Crippen molar-refractivity contribution in [3.05, 3.63) is 53.6 Å². The van der Waals surface area contributed by atoms with E-state index < -0.39 is 25.6 Å². The number of hydrogen-bond acceptors (Lipinski definition) is 5. The van der Waals surface area contributed by atoms with Gasteiger partial charge in [0.1, 0.15) is 0 Å². The second-order valence-electron chi connectivity index (χ2n) is 11.3. The Balaban J connectivity index is 1.72. The van der Waals surface area contributed by atoms with Crippen molar-refractivity contribution in [3.8, 4) is 0 Å². The van der Waals surface area contributed by atoms with Crippen molar-refractivity contribution in [2.24, 2.45) is 5.92 Å². The lowest BCUT2D eigenvalue weighted by molar-refractivity contribution is 0.0981. The fraction of sp³-hybridized carbons (Fsp3) is 0.500. The monoisotopic (exact) mass is 533 g/mol. The van der Waals surface area contributed by atoms with Gasteiger partial charge in [0, 0.05) is 34.4 Å². The average Bonchev–Trinajstić information content (AvgIpc) is 3.06. The van der Waals surface area contributed by atoms with Gasteiger partial charge in [0.15, 0.2) is 0 Å². The van der Waals surface area contributed by atoms with Gasteiger partial charge < -0.3 is 4.90 Å². The summed E-state index contributed by atoms with van der Waals surface area (Å²) in [7, 11) is -7.24. The molecule has 2 aromatic rings. The van der Waals surface area contributed by atoms with Crippen LogP contribution in [0.25, 0.3) is 0 Å². The van der Waals surface area contributed by atoms with Gasteiger partial charge in [0.25, 0.3) is 5.91 Å². The third-order valence-electron chi connectivity index (χ3n) is 6.93. The highest BCUT2D eigenvalue weighted by Gasteiger charge is 2.46. The summed E-state index contributed by atoms with van der Waals surface area (Å²) in [5.41, 5.74) is 1.56. The Morgan fingerprint density at radius 1 is 1.03 bits per heavy atom. The van der Waals surface area contributed by atoms with E-state index in [0.717, 1.165) is 43.2 Å². The van der Waals surface area contributed by atoms with Gasteiger partial charge in [-0.1, -0.05) is 13.0 Å². The maximum Gasteiger partial charge on any atom is 0.258 e. The number of hydrogen-bond donors (Lipinski definition) is 2. The Kier molecular flexibility index (Phi) is 6.77. The molecular weight excluding hydrogens is 498 g/mol. The summed E-state index contributed by atoms with van der Waals surface area (Å²) in [6.45, 7) is 7.99. The molecule has 10 heteroatoms. The quantitative estimate of drug-likeness (QED) is 0.597. The lowest BCUT2D eigenvalue weighted by atomic mass is 9.68. The third-order valence-corrected chi connectivity index (χ3v) is 9.29.